The maximum Gasteiger partial charge on any atom is 0.0766 e. The van der Waals surface area contributed by atoms with E-state index in [0.29, 0.717) is 5.25 Å². The van der Waals surface area contributed by atoms with E-state index in [1.165, 1.54) is 11.5 Å². The molecule has 8 heteroatoms. The summed E-state index contributed by atoms with van der Waals surface area (Å²) >= 11 is 7.63. The zero-order valence-electron chi connectivity index (χ0n) is 11.9. The van der Waals surface area contributed by atoms with Gasteiger partial charge >= 0.3 is 0 Å². The van der Waals surface area contributed by atoms with Crippen LogP contribution in [0, 0.1) is 0 Å². The van der Waals surface area contributed by atoms with Gasteiger partial charge in [0.2, 0.25) is 0 Å². The molecule has 3 N–H and O–H groups in total. The summed E-state index contributed by atoms with van der Waals surface area (Å²) in [6.45, 7) is 1.83. The predicted octanol–water partition coefficient (Wildman–Crippen LogP) is 1.56. The van der Waals surface area contributed by atoms with Crippen LogP contribution in [0.1, 0.15) is 11.7 Å². The van der Waals surface area contributed by atoms with Gasteiger partial charge in [-0.05, 0) is 30.0 Å². The zero-order valence-corrected chi connectivity index (χ0v) is 15.1. The fraction of sp³-hybridized carbons (Fsp3) is 0.750. The molecule has 0 spiro atoms. The Morgan fingerprint density at radius 2 is 2.40 bits per heavy atom. The summed E-state index contributed by atoms with van der Waals surface area (Å²) < 4.78 is 3.10. The van der Waals surface area contributed by atoms with E-state index < -0.39 is 0 Å². The maximum absolute atomic E-state index is 5.84. The third-order valence-corrected chi connectivity index (χ3v) is 6.75. The van der Waals surface area contributed by atoms with E-state index in [0.717, 1.165) is 29.0 Å². The Morgan fingerprint density at radius 1 is 1.60 bits per heavy atom. The normalized spacial score (nSPS) is 21.4. The minimum Gasteiger partial charge on any atom is -0.308 e. The smallest absolute Gasteiger partial charge is 0.0766 e. The number of hydrogen-bond donors (Lipinski definition) is 2. The SMILES string of the molecule is CN(C)CCn1ncc(Br)c1C(NN)C1CSCCS1. The van der Waals surface area contributed by atoms with Crippen molar-refractivity contribution in [1.29, 1.82) is 0 Å². The van der Waals surface area contributed by atoms with E-state index in [1.54, 1.807) is 0 Å². The van der Waals surface area contributed by atoms with Gasteiger partial charge in [0.15, 0.2) is 0 Å². The number of hydrazine groups is 1. The molecule has 0 saturated carbocycles. The average molecular weight is 380 g/mol. The van der Waals surface area contributed by atoms with E-state index in [2.05, 4.69) is 50.1 Å². The number of nitrogens with two attached hydrogens (primary N) is 1. The van der Waals surface area contributed by atoms with Gasteiger partial charge in [-0.25, -0.2) is 0 Å². The van der Waals surface area contributed by atoms with Crippen LogP contribution in [0.5, 0.6) is 0 Å². The van der Waals surface area contributed by atoms with Crippen molar-refractivity contribution in [3.05, 3.63) is 16.4 Å². The van der Waals surface area contributed by atoms with Gasteiger partial charge in [-0.1, -0.05) is 0 Å². The van der Waals surface area contributed by atoms with E-state index in [-0.39, 0.29) is 6.04 Å². The van der Waals surface area contributed by atoms with E-state index in [9.17, 15) is 0 Å². The third kappa shape index (κ3) is 4.14. The summed E-state index contributed by atoms with van der Waals surface area (Å²) in [7, 11) is 4.15. The Morgan fingerprint density at radius 3 is 3.00 bits per heavy atom. The molecular weight excluding hydrogens is 358 g/mol. The van der Waals surface area contributed by atoms with E-state index >= 15 is 0 Å². The molecule has 0 radical (unpaired) electrons. The zero-order chi connectivity index (χ0) is 14.5. The van der Waals surface area contributed by atoms with Crippen LogP contribution < -0.4 is 11.3 Å². The second kappa shape index (κ2) is 8.05. The average Bonchev–Trinajstić information content (AvgIpc) is 2.80. The van der Waals surface area contributed by atoms with Gasteiger partial charge < -0.3 is 4.90 Å². The first kappa shape index (κ1) is 16.6. The molecule has 2 heterocycles. The Labute approximate surface area is 137 Å². The first-order chi connectivity index (χ1) is 9.63. The van der Waals surface area contributed by atoms with Gasteiger partial charge in [0.05, 0.1) is 29.0 Å². The molecule has 0 aliphatic carbocycles. The molecule has 114 valence electrons. The summed E-state index contributed by atoms with van der Waals surface area (Å²) in [5.41, 5.74) is 4.17. The standard InChI is InChI=1S/C12H22BrN5S2/c1-17(2)3-4-18-12(9(13)7-15-18)11(16-14)10-8-19-5-6-20-10/h7,10-11,16H,3-6,8,14H2,1-2H3. The Bertz CT molecular complexity index is 420. The van der Waals surface area contributed by atoms with Crippen LogP contribution in [0.4, 0.5) is 0 Å². The minimum atomic E-state index is 0.131. The van der Waals surface area contributed by atoms with Crippen molar-refractivity contribution in [3.63, 3.8) is 0 Å². The van der Waals surface area contributed by atoms with Gasteiger partial charge in [0.1, 0.15) is 0 Å². The minimum absolute atomic E-state index is 0.131. The lowest BCUT2D eigenvalue weighted by atomic mass is 10.1. The maximum atomic E-state index is 5.84. The molecule has 20 heavy (non-hydrogen) atoms. The van der Waals surface area contributed by atoms with Crippen molar-refractivity contribution in [2.75, 3.05) is 37.9 Å². The molecular formula is C12H22BrN5S2. The first-order valence-electron chi connectivity index (χ1n) is 6.65. The number of rotatable bonds is 6. The summed E-state index contributed by atoms with van der Waals surface area (Å²) in [5, 5.41) is 4.97. The van der Waals surface area contributed by atoms with Gasteiger partial charge in [0.25, 0.3) is 0 Å². The molecule has 1 aromatic heterocycles. The van der Waals surface area contributed by atoms with Crippen molar-refractivity contribution < 1.29 is 0 Å². The lowest BCUT2D eigenvalue weighted by Crippen LogP contribution is -2.39. The monoisotopic (exact) mass is 379 g/mol. The number of nitrogens with zero attached hydrogens (tertiary/aromatic N) is 3. The van der Waals surface area contributed by atoms with Gasteiger partial charge in [-0.3, -0.25) is 16.0 Å². The Hall–Kier alpha value is 0.270. The fourth-order valence-electron chi connectivity index (χ4n) is 2.21. The van der Waals surface area contributed by atoms with Crippen molar-refractivity contribution >= 4 is 39.5 Å². The largest absolute Gasteiger partial charge is 0.308 e. The highest BCUT2D eigenvalue weighted by Gasteiger charge is 2.29. The molecule has 0 amide bonds. The second-order valence-corrected chi connectivity index (χ2v) is 8.38. The van der Waals surface area contributed by atoms with Crippen LogP contribution in [0.25, 0.3) is 0 Å². The molecule has 0 bridgehead atoms. The van der Waals surface area contributed by atoms with Crippen LogP contribution in [-0.4, -0.2) is 57.8 Å². The third-order valence-electron chi connectivity index (χ3n) is 3.28. The van der Waals surface area contributed by atoms with Gasteiger partial charge in [0, 0.05) is 29.1 Å². The number of hydrogen-bond acceptors (Lipinski definition) is 6. The van der Waals surface area contributed by atoms with Crippen molar-refractivity contribution in [2.24, 2.45) is 5.84 Å². The molecule has 2 atom stereocenters. The molecule has 1 aliphatic rings. The molecule has 1 saturated heterocycles. The quantitative estimate of drug-likeness (QED) is 0.577. The van der Waals surface area contributed by atoms with Gasteiger partial charge in [-0.15, -0.1) is 0 Å². The van der Waals surface area contributed by atoms with E-state index in [1.807, 2.05) is 29.7 Å². The molecule has 2 unspecified atom stereocenters. The molecule has 0 aromatic carbocycles. The molecule has 1 fully saturated rings. The number of halogens is 1. The number of aromatic nitrogens is 2. The molecule has 5 nitrogen and oxygen atoms in total. The summed E-state index contributed by atoms with van der Waals surface area (Å²) in [4.78, 5) is 2.16. The van der Waals surface area contributed by atoms with Crippen molar-refractivity contribution in [3.8, 4) is 0 Å². The highest BCUT2D eigenvalue weighted by Crippen LogP contribution is 2.35. The van der Waals surface area contributed by atoms with Crippen LogP contribution in [0.15, 0.2) is 10.7 Å². The summed E-state index contributed by atoms with van der Waals surface area (Å²) in [5.74, 6) is 9.40. The highest BCUT2D eigenvalue weighted by molar-refractivity contribution is 9.10. The lowest BCUT2D eigenvalue weighted by Gasteiger charge is -2.30. The second-order valence-electron chi connectivity index (χ2n) is 5.03. The fourth-order valence-corrected chi connectivity index (χ4v) is 5.58. The summed E-state index contributed by atoms with van der Waals surface area (Å²) in [6, 6.07) is 0.131. The molecule has 2 rings (SSSR count). The molecule has 1 aromatic rings. The van der Waals surface area contributed by atoms with E-state index in [4.69, 9.17) is 5.84 Å². The van der Waals surface area contributed by atoms with Crippen molar-refractivity contribution in [2.45, 2.75) is 17.8 Å². The summed E-state index contributed by atoms with van der Waals surface area (Å²) in [6.07, 6.45) is 1.87. The van der Waals surface area contributed by atoms with Crippen LogP contribution in [0.3, 0.4) is 0 Å². The van der Waals surface area contributed by atoms with Crippen molar-refractivity contribution in [1.82, 2.24) is 20.1 Å². The highest BCUT2D eigenvalue weighted by atomic mass is 79.9. The lowest BCUT2D eigenvalue weighted by molar-refractivity contribution is 0.362. The Balaban J connectivity index is 2.17. The van der Waals surface area contributed by atoms with Gasteiger partial charge in [-0.2, -0.15) is 28.6 Å². The number of nitrogens with one attached hydrogen (secondary N) is 1. The number of thioether (sulfide) groups is 2. The number of likely N-dealkylation sites (N-methyl/N-ethyl adjacent to an activating group) is 1. The van der Waals surface area contributed by atoms with Crippen LogP contribution >= 0.6 is 39.5 Å². The Kier molecular flexibility index (Phi) is 6.70. The first-order valence-corrected chi connectivity index (χ1v) is 9.64. The van der Waals surface area contributed by atoms with Crippen LogP contribution in [0.2, 0.25) is 0 Å². The predicted molar refractivity (Wildman–Crippen MR) is 92.1 cm³/mol. The topological polar surface area (TPSA) is 59.1 Å². The molecule has 1 aliphatic heterocycles. The van der Waals surface area contributed by atoms with Crippen LogP contribution in [-0.2, 0) is 6.54 Å².